The Morgan fingerprint density at radius 3 is 2.60 bits per heavy atom. The van der Waals surface area contributed by atoms with Crippen LogP contribution >= 0.6 is 0 Å². The second-order valence-electron chi connectivity index (χ2n) is 6.56. The number of aromatic nitrogens is 1. The Labute approximate surface area is 147 Å². The largest absolute Gasteiger partial charge is 0.481 e. The van der Waals surface area contributed by atoms with E-state index in [1.165, 1.54) is 14.2 Å². The van der Waals surface area contributed by atoms with E-state index in [4.69, 9.17) is 15.2 Å². The van der Waals surface area contributed by atoms with Gasteiger partial charge in [0.2, 0.25) is 17.7 Å². The number of amides is 2. The number of likely N-dealkylation sites (tertiary alicyclic amines) is 1. The van der Waals surface area contributed by atoms with Crippen LogP contribution in [0.1, 0.15) is 24.2 Å². The predicted molar refractivity (Wildman–Crippen MR) is 92.6 cm³/mol. The van der Waals surface area contributed by atoms with E-state index in [0.717, 1.165) is 6.54 Å². The molecule has 0 aromatic carbocycles. The molecule has 138 valence electrons. The summed E-state index contributed by atoms with van der Waals surface area (Å²) in [6, 6.07) is 3.17. The third-order valence-electron chi connectivity index (χ3n) is 4.47. The molecule has 1 aromatic heterocycles. The van der Waals surface area contributed by atoms with Gasteiger partial charge in [0.1, 0.15) is 5.56 Å². The number of nitrogens with zero attached hydrogens (tertiary/aromatic N) is 2. The Morgan fingerprint density at radius 2 is 2.04 bits per heavy atom. The number of hydrogen-bond acceptors (Lipinski definition) is 6. The average Bonchev–Trinajstić information content (AvgIpc) is 2.95. The summed E-state index contributed by atoms with van der Waals surface area (Å²) in [6.45, 7) is 5.72. The molecule has 0 bridgehead atoms. The van der Waals surface area contributed by atoms with Crippen LogP contribution in [0.2, 0.25) is 0 Å². The Balaban J connectivity index is 2.14. The maximum absolute atomic E-state index is 12.7. The van der Waals surface area contributed by atoms with E-state index in [0.29, 0.717) is 23.9 Å². The Hall–Kier alpha value is -2.35. The van der Waals surface area contributed by atoms with Crippen molar-refractivity contribution in [3.05, 3.63) is 17.7 Å². The van der Waals surface area contributed by atoms with E-state index in [1.807, 2.05) is 4.90 Å². The number of carbonyl (C=O) groups excluding carboxylic acids is 2. The predicted octanol–water partition coefficient (Wildman–Crippen LogP) is 0.270. The highest BCUT2D eigenvalue weighted by molar-refractivity contribution is 5.96. The second kappa shape index (κ2) is 8.15. The number of pyridine rings is 1. The first kappa shape index (κ1) is 19.0. The van der Waals surface area contributed by atoms with Crippen molar-refractivity contribution in [2.75, 3.05) is 33.9 Å². The number of primary amides is 1. The van der Waals surface area contributed by atoms with Gasteiger partial charge in [0, 0.05) is 25.2 Å². The van der Waals surface area contributed by atoms with Crippen molar-refractivity contribution in [1.29, 1.82) is 0 Å². The highest BCUT2D eigenvalue weighted by atomic mass is 16.5. The van der Waals surface area contributed by atoms with Gasteiger partial charge < -0.3 is 20.5 Å². The summed E-state index contributed by atoms with van der Waals surface area (Å²) in [5, 5.41) is 3.05. The van der Waals surface area contributed by atoms with Crippen LogP contribution in [0.25, 0.3) is 0 Å². The fourth-order valence-electron chi connectivity index (χ4n) is 3.20. The van der Waals surface area contributed by atoms with Crippen molar-refractivity contribution < 1.29 is 19.1 Å². The molecule has 2 atom stereocenters. The highest BCUT2D eigenvalue weighted by Gasteiger charge is 2.36. The quantitative estimate of drug-likeness (QED) is 0.731. The normalized spacial score (nSPS) is 20.5. The van der Waals surface area contributed by atoms with E-state index in [-0.39, 0.29) is 36.2 Å². The molecule has 0 unspecified atom stereocenters. The van der Waals surface area contributed by atoms with Crippen molar-refractivity contribution >= 4 is 11.8 Å². The minimum absolute atomic E-state index is 0.0707. The molecule has 0 saturated carbocycles. The van der Waals surface area contributed by atoms with Gasteiger partial charge in [-0.05, 0) is 17.9 Å². The molecular formula is C17H26N4O4. The summed E-state index contributed by atoms with van der Waals surface area (Å²) in [6.07, 6.45) is 0. The van der Waals surface area contributed by atoms with E-state index >= 15 is 0 Å². The lowest BCUT2D eigenvalue weighted by Gasteiger charge is -2.23. The fourth-order valence-corrected chi connectivity index (χ4v) is 3.20. The molecule has 2 heterocycles. The Morgan fingerprint density at radius 1 is 1.32 bits per heavy atom. The number of rotatable bonds is 7. The smallest absolute Gasteiger partial charge is 0.257 e. The van der Waals surface area contributed by atoms with Crippen LogP contribution in [0.15, 0.2) is 12.1 Å². The summed E-state index contributed by atoms with van der Waals surface area (Å²) in [5.41, 5.74) is 5.64. The lowest BCUT2D eigenvalue weighted by Crippen LogP contribution is -2.42. The number of methoxy groups -OCH3 is 2. The van der Waals surface area contributed by atoms with Crippen LogP contribution in [0.5, 0.6) is 11.8 Å². The third kappa shape index (κ3) is 4.60. The van der Waals surface area contributed by atoms with Gasteiger partial charge >= 0.3 is 0 Å². The van der Waals surface area contributed by atoms with Gasteiger partial charge in [0.25, 0.3) is 5.91 Å². The first-order chi connectivity index (χ1) is 11.8. The summed E-state index contributed by atoms with van der Waals surface area (Å²) in [5.74, 6) is 0.561. The molecular weight excluding hydrogens is 324 g/mol. The maximum Gasteiger partial charge on any atom is 0.257 e. The van der Waals surface area contributed by atoms with Gasteiger partial charge in [-0.15, -0.1) is 0 Å². The second-order valence-corrected chi connectivity index (χ2v) is 6.56. The number of nitrogens with one attached hydrogen (secondary N) is 1. The molecule has 1 aliphatic rings. The van der Waals surface area contributed by atoms with Crippen LogP contribution in [0.4, 0.5) is 0 Å². The molecule has 0 radical (unpaired) electrons. The molecule has 8 heteroatoms. The first-order valence-corrected chi connectivity index (χ1v) is 8.26. The molecule has 1 aromatic rings. The summed E-state index contributed by atoms with van der Waals surface area (Å²) in [4.78, 5) is 30.0. The van der Waals surface area contributed by atoms with Crippen molar-refractivity contribution in [2.24, 2.45) is 17.6 Å². The zero-order valence-electron chi connectivity index (χ0n) is 15.1. The number of hydrogen-bond donors (Lipinski definition) is 2. The van der Waals surface area contributed by atoms with Crippen molar-refractivity contribution in [3.63, 3.8) is 0 Å². The first-order valence-electron chi connectivity index (χ1n) is 8.26. The van der Waals surface area contributed by atoms with E-state index < -0.39 is 0 Å². The SMILES string of the molecule is COc1ccc(C(=O)N[C@@H]2CN(CC(N)=O)C[C@H]2C(C)C)c(OC)n1. The van der Waals surface area contributed by atoms with Crippen LogP contribution in [0.3, 0.4) is 0 Å². The molecule has 3 N–H and O–H groups in total. The molecule has 0 aliphatic carbocycles. The zero-order chi connectivity index (χ0) is 18.6. The minimum atomic E-state index is -0.365. The van der Waals surface area contributed by atoms with E-state index in [9.17, 15) is 9.59 Å². The van der Waals surface area contributed by atoms with Crippen LogP contribution in [-0.4, -0.2) is 61.6 Å². The molecule has 1 saturated heterocycles. The van der Waals surface area contributed by atoms with Crippen LogP contribution < -0.4 is 20.5 Å². The van der Waals surface area contributed by atoms with E-state index in [2.05, 4.69) is 24.1 Å². The number of ether oxygens (including phenoxy) is 2. The summed E-state index contributed by atoms with van der Waals surface area (Å²) < 4.78 is 10.2. The van der Waals surface area contributed by atoms with Crippen molar-refractivity contribution in [2.45, 2.75) is 19.9 Å². The lowest BCUT2D eigenvalue weighted by molar-refractivity contribution is -0.118. The molecule has 8 nitrogen and oxygen atoms in total. The number of carbonyl (C=O) groups is 2. The Bertz CT molecular complexity index is 635. The molecule has 0 spiro atoms. The zero-order valence-corrected chi connectivity index (χ0v) is 15.1. The molecule has 2 rings (SSSR count). The van der Waals surface area contributed by atoms with Crippen molar-refractivity contribution in [1.82, 2.24) is 15.2 Å². The summed E-state index contributed by atoms with van der Waals surface area (Å²) in [7, 11) is 2.96. The number of nitrogens with two attached hydrogens (primary N) is 1. The monoisotopic (exact) mass is 350 g/mol. The molecule has 25 heavy (non-hydrogen) atoms. The van der Waals surface area contributed by atoms with Gasteiger partial charge in [-0.2, -0.15) is 4.98 Å². The third-order valence-corrected chi connectivity index (χ3v) is 4.47. The van der Waals surface area contributed by atoms with Gasteiger partial charge in [-0.1, -0.05) is 13.8 Å². The molecule has 2 amide bonds. The van der Waals surface area contributed by atoms with Gasteiger partial charge in [-0.3, -0.25) is 14.5 Å². The van der Waals surface area contributed by atoms with Crippen molar-refractivity contribution in [3.8, 4) is 11.8 Å². The minimum Gasteiger partial charge on any atom is -0.481 e. The van der Waals surface area contributed by atoms with Gasteiger partial charge in [0.15, 0.2) is 0 Å². The standard InChI is InChI=1S/C17H26N4O4/c1-10(2)12-7-21(9-14(18)22)8-13(12)19-16(23)11-5-6-15(24-3)20-17(11)25-4/h5-6,10,12-13H,7-9H2,1-4H3,(H2,18,22)(H,19,23)/t12-,13+/m0/s1. The highest BCUT2D eigenvalue weighted by Crippen LogP contribution is 2.26. The average molecular weight is 350 g/mol. The molecule has 1 fully saturated rings. The summed E-state index contributed by atoms with van der Waals surface area (Å²) >= 11 is 0. The van der Waals surface area contributed by atoms with Gasteiger partial charge in [-0.25, -0.2) is 0 Å². The van der Waals surface area contributed by atoms with E-state index in [1.54, 1.807) is 12.1 Å². The van der Waals surface area contributed by atoms with Crippen LogP contribution in [-0.2, 0) is 4.79 Å². The molecule has 1 aliphatic heterocycles. The van der Waals surface area contributed by atoms with Gasteiger partial charge in [0.05, 0.1) is 20.8 Å². The Kier molecular flexibility index (Phi) is 6.19. The lowest BCUT2D eigenvalue weighted by atomic mass is 9.91. The van der Waals surface area contributed by atoms with Crippen LogP contribution in [0, 0.1) is 11.8 Å². The fraction of sp³-hybridized carbons (Fsp3) is 0.588. The topological polar surface area (TPSA) is 107 Å². The maximum atomic E-state index is 12.7.